The van der Waals surface area contributed by atoms with Crippen molar-refractivity contribution < 1.29 is 27.0 Å². The van der Waals surface area contributed by atoms with Gasteiger partial charge in [0, 0.05) is 24.1 Å². The fourth-order valence-corrected chi connectivity index (χ4v) is 3.92. The van der Waals surface area contributed by atoms with Crippen LogP contribution >= 0.6 is 7.37 Å². The third kappa shape index (κ3) is 3.57. The van der Waals surface area contributed by atoms with Crippen molar-refractivity contribution in [2.45, 2.75) is 13.5 Å². The van der Waals surface area contributed by atoms with Gasteiger partial charge in [0.25, 0.3) is 0 Å². The Kier molecular flexibility index (Phi) is 4.88. The molecule has 2 aromatic carbocycles. The standard InChI is InChI=1S/C17H16F2NO4P/c1-3-25(21,22-2)13-7-8-14-15(10-13)24-16(20-14)11-5-4-6-12(9-11)23-17(18)19/h4-10,17H,3H2,1-2H3. The van der Waals surface area contributed by atoms with Gasteiger partial charge in [-0.3, -0.25) is 4.57 Å². The maximum atomic E-state index is 12.6. The van der Waals surface area contributed by atoms with E-state index in [4.69, 9.17) is 8.94 Å². The molecule has 1 atom stereocenters. The predicted octanol–water partition coefficient (Wildman–Crippen LogP) is 4.67. The van der Waals surface area contributed by atoms with Crippen LogP contribution in [-0.4, -0.2) is 24.9 Å². The van der Waals surface area contributed by atoms with Crippen LogP contribution in [0.3, 0.4) is 0 Å². The number of hydrogen-bond donors (Lipinski definition) is 0. The molecule has 132 valence electrons. The highest BCUT2D eigenvalue weighted by Crippen LogP contribution is 2.44. The first-order valence-electron chi connectivity index (χ1n) is 7.56. The topological polar surface area (TPSA) is 61.6 Å². The Morgan fingerprint density at radius 2 is 2.04 bits per heavy atom. The lowest BCUT2D eigenvalue weighted by Crippen LogP contribution is -2.07. The summed E-state index contributed by atoms with van der Waals surface area (Å²) in [5, 5.41) is 0.544. The number of alkyl halides is 2. The Morgan fingerprint density at radius 1 is 1.24 bits per heavy atom. The van der Waals surface area contributed by atoms with Gasteiger partial charge in [-0.25, -0.2) is 4.98 Å². The van der Waals surface area contributed by atoms with Gasteiger partial charge in [0.1, 0.15) is 11.3 Å². The summed E-state index contributed by atoms with van der Waals surface area (Å²) in [4.78, 5) is 4.34. The zero-order valence-electron chi connectivity index (χ0n) is 13.6. The van der Waals surface area contributed by atoms with Crippen molar-refractivity contribution in [3.63, 3.8) is 0 Å². The summed E-state index contributed by atoms with van der Waals surface area (Å²) < 4.78 is 52.6. The van der Waals surface area contributed by atoms with E-state index in [0.717, 1.165) is 0 Å². The number of hydrogen-bond acceptors (Lipinski definition) is 5. The molecule has 8 heteroatoms. The summed E-state index contributed by atoms with van der Waals surface area (Å²) in [5.41, 5.74) is 1.51. The SMILES string of the molecule is CCP(=O)(OC)c1ccc2nc(-c3cccc(OC(F)F)c3)oc2c1. The van der Waals surface area contributed by atoms with E-state index in [-0.39, 0.29) is 11.6 Å². The molecule has 0 aliphatic rings. The first kappa shape index (κ1) is 17.6. The molecule has 0 radical (unpaired) electrons. The Bertz CT molecular complexity index is 933. The van der Waals surface area contributed by atoms with Crippen molar-refractivity contribution in [2.75, 3.05) is 13.3 Å². The van der Waals surface area contributed by atoms with E-state index < -0.39 is 14.0 Å². The van der Waals surface area contributed by atoms with E-state index in [1.807, 2.05) is 0 Å². The molecule has 0 aliphatic carbocycles. The van der Waals surface area contributed by atoms with Crippen LogP contribution in [0.2, 0.25) is 0 Å². The van der Waals surface area contributed by atoms with Crippen molar-refractivity contribution in [3.8, 4) is 17.2 Å². The lowest BCUT2D eigenvalue weighted by Gasteiger charge is -2.13. The molecule has 25 heavy (non-hydrogen) atoms. The average molecular weight is 367 g/mol. The molecule has 1 aromatic heterocycles. The van der Waals surface area contributed by atoms with E-state index in [1.165, 1.54) is 19.2 Å². The second kappa shape index (κ2) is 6.94. The lowest BCUT2D eigenvalue weighted by molar-refractivity contribution is -0.0498. The van der Waals surface area contributed by atoms with Gasteiger partial charge < -0.3 is 13.7 Å². The van der Waals surface area contributed by atoms with Crippen molar-refractivity contribution in [3.05, 3.63) is 42.5 Å². The minimum atomic E-state index is -2.92. The molecule has 3 rings (SSSR count). The molecule has 0 saturated heterocycles. The molecule has 0 amide bonds. The lowest BCUT2D eigenvalue weighted by atomic mass is 10.2. The first-order valence-corrected chi connectivity index (χ1v) is 9.37. The molecule has 0 spiro atoms. The van der Waals surface area contributed by atoms with Gasteiger partial charge >= 0.3 is 6.61 Å². The minimum Gasteiger partial charge on any atom is -0.436 e. The molecule has 3 aromatic rings. The number of halogens is 2. The van der Waals surface area contributed by atoms with Crippen LogP contribution in [0.1, 0.15) is 6.92 Å². The van der Waals surface area contributed by atoms with Gasteiger partial charge in [0.2, 0.25) is 13.3 Å². The summed E-state index contributed by atoms with van der Waals surface area (Å²) >= 11 is 0. The maximum Gasteiger partial charge on any atom is 0.387 e. The van der Waals surface area contributed by atoms with Crippen LogP contribution in [0.25, 0.3) is 22.6 Å². The van der Waals surface area contributed by atoms with Crippen molar-refractivity contribution in [1.29, 1.82) is 0 Å². The molecular weight excluding hydrogens is 351 g/mol. The van der Waals surface area contributed by atoms with Crippen LogP contribution < -0.4 is 10.0 Å². The summed E-state index contributed by atoms with van der Waals surface area (Å²) in [6.07, 6.45) is 0.364. The predicted molar refractivity (Wildman–Crippen MR) is 90.9 cm³/mol. The number of nitrogens with zero attached hydrogens (tertiary/aromatic N) is 1. The third-order valence-electron chi connectivity index (χ3n) is 3.78. The summed E-state index contributed by atoms with van der Waals surface area (Å²) in [7, 11) is -1.50. The van der Waals surface area contributed by atoms with Crippen LogP contribution in [0.5, 0.6) is 5.75 Å². The second-order valence-corrected chi connectivity index (χ2v) is 8.11. The van der Waals surface area contributed by atoms with Crippen LogP contribution in [0.15, 0.2) is 46.9 Å². The van der Waals surface area contributed by atoms with Crippen molar-refractivity contribution in [2.24, 2.45) is 0 Å². The molecule has 0 aliphatic heterocycles. The minimum absolute atomic E-state index is 0.0188. The van der Waals surface area contributed by atoms with Crippen LogP contribution in [0, 0.1) is 0 Å². The highest BCUT2D eigenvalue weighted by Gasteiger charge is 2.23. The Balaban J connectivity index is 2.01. The third-order valence-corrected chi connectivity index (χ3v) is 6.27. The number of benzene rings is 2. The van der Waals surface area contributed by atoms with E-state index in [1.54, 1.807) is 37.3 Å². The smallest absolute Gasteiger partial charge is 0.387 e. The summed E-state index contributed by atoms with van der Waals surface area (Å²) in [6.45, 7) is -1.12. The molecular formula is C17H16F2NO4P. The zero-order valence-corrected chi connectivity index (χ0v) is 14.5. The maximum absolute atomic E-state index is 12.6. The normalized spacial score (nSPS) is 14.0. The molecule has 0 fully saturated rings. The monoisotopic (exact) mass is 367 g/mol. The van der Waals surface area contributed by atoms with E-state index in [2.05, 4.69) is 9.72 Å². The van der Waals surface area contributed by atoms with Crippen LogP contribution in [0.4, 0.5) is 8.78 Å². The van der Waals surface area contributed by atoms with Crippen LogP contribution in [-0.2, 0) is 9.09 Å². The highest BCUT2D eigenvalue weighted by atomic mass is 31.2. The van der Waals surface area contributed by atoms with Gasteiger partial charge in [-0.05, 0) is 36.4 Å². The Hall–Kier alpha value is -2.24. The summed E-state index contributed by atoms with van der Waals surface area (Å²) in [6, 6.07) is 11.1. The number of ether oxygens (including phenoxy) is 1. The molecule has 5 nitrogen and oxygen atoms in total. The van der Waals surface area contributed by atoms with Crippen molar-refractivity contribution in [1.82, 2.24) is 4.98 Å². The van der Waals surface area contributed by atoms with E-state index >= 15 is 0 Å². The molecule has 0 bridgehead atoms. The highest BCUT2D eigenvalue weighted by molar-refractivity contribution is 7.66. The number of oxazole rings is 1. The van der Waals surface area contributed by atoms with E-state index in [0.29, 0.717) is 28.1 Å². The zero-order chi connectivity index (χ0) is 18.0. The van der Waals surface area contributed by atoms with Gasteiger partial charge in [-0.2, -0.15) is 8.78 Å². The Labute approximate surface area is 143 Å². The average Bonchev–Trinajstić information content (AvgIpc) is 3.04. The second-order valence-electron chi connectivity index (χ2n) is 5.25. The summed E-state index contributed by atoms with van der Waals surface area (Å²) in [5.74, 6) is 0.279. The fourth-order valence-electron chi connectivity index (χ4n) is 2.47. The van der Waals surface area contributed by atoms with Gasteiger partial charge in [-0.15, -0.1) is 0 Å². The number of fused-ring (bicyclic) bond motifs is 1. The van der Waals surface area contributed by atoms with Gasteiger partial charge in [-0.1, -0.05) is 13.0 Å². The molecule has 0 N–H and O–H groups in total. The van der Waals surface area contributed by atoms with Gasteiger partial charge in [0.05, 0.1) is 0 Å². The quantitative estimate of drug-likeness (QED) is 0.593. The molecule has 1 unspecified atom stereocenters. The molecule has 0 saturated carbocycles. The van der Waals surface area contributed by atoms with E-state index in [9.17, 15) is 13.3 Å². The molecule has 1 heterocycles. The first-order chi connectivity index (χ1) is 11.9. The van der Waals surface area contributed by atoms with Gasteiger partial charge in [0.15, 0.2) is 5.58 Å². The largest absolute Gasteiger partial charge is 0.436 e. The fraction of sp³-hybridized carbons (Fsp3) is 0.235. The number of rotatable bonds is 6. The Morgan fingerprint density at radius 3 is 2.72 bits per heavy atom. The number of aromatic nitrogens is 1. The van der Waals surface area contributed by atoms with Crippen molar-refractivity contribution >= 4 is 23.8 Å².